The van der Waals surface area contributed by atoms with Crippen LogP contribution in [0.3, 0.4) is 0 Å². The van der Waals surface area contributed by atoms with Crippen LogP contribution in [0.15, 0.2) is 67.0 Å². The molecule has 0 spiro atoms. The number of carbonyl (C=O) groups excluding carboxylic acids is 1. The number of aromatic nitrogens is 4. The molecule has 0 aliphatic rings. The van der Waals surface area contributed by atoms with Crippen molar-refractivity contribution < 1.29 is 27.5 Å². The van der Waals surface area contributed by atoms with Gasteiger partial charge in [0, 0.05) is 28.9 Å². The van der Waals surface area contributed by atoms with E-state index in [9.17, 15) is 27.5 Å². The Labute approximate surface area is 217 Å². The number of alkyl halides is 3. The number of nitrogens with one attached hydrogen (secondary N) is 3. The zero-order valence-electron chi connectivity index (χ0n) is 19.3. The van der Waals surface area contributed by atoms with E-state index in [4.69, 9.17) is 11.6 Å². The van der Waals surface area contributed by atoms with Crippen LogP contribution in [0.25, 0.3) is 33.4 Å². The summed E-state index contributed by atoms with van der Waals surface area (Å²) in [6.07, 6.45) is -1.48. The van der Waals surface area contributed by atoms with Gasteiger partial charge in [-0.2, -0.15) is 18.3 Å². The van der Waals surface area contributed by atoms with Crippen molar-refractivity contribution in [2.24, 2.45) is 0 Å². The molecule has 0 saturated carbocycles. The summed E-state index contributed by atoms with van der Waals surface area (Å²) in [5, 5.41) is 19.8. The van der Waals surface area contributed by atoms with Crippen molar-refractivity contribution >= 4 is 28.5 Å². The third kappa shape index (κ3) is 4.98. The van der Waals surface area contributed by atoms with Gasteiger partial charge in [-0.25, -0.2) is 9.37 Å². The summed E-state index contributed by atoms with van der Waals surface area (Å²) >= 11 is 5.81. The summed E-state index contributed by atoms with van der Waals surface area (Å²) in [7, 11) is 0. The highest BCUT2D eigenvalue weighted by Crippen LogP contribution is 2.34. The minimum absolute atomic E-state index is 0.138. The largest absolute Gasteiger partial charge is 0.416 e. The van der Waals surface area contributed by atoms with Gasteiger partial charge < -0.3 is 15.4 Å². The molecule has 1 amide bonds. The fourth-order valence-electron chi connectivity index (χ4n) is 4.02. The second-order valence-electron chi connectivity index (χ2n) is 8.46. The fourth-order valence-corrected chi connectivity index (χ4v) is 4.21. The number of aliphatic hydroxyl groups excluding tert-OH is 1. The summed E-state index contributed by atoms with van der Waals surface area (Å²) in [5.41, 5.74) is 1.98. The molecule has 3 aromatic heterocycles. The van der Waals surface area contributed by atoms with Crippen LogP contribution >= 0.6 is 11.6 Å². The number of aromatic amines is 2. The van der Waals surface area contributed by atoms with Crippen LogP contribution in [0, 0.1) is 5.82 Å². The first-order valence-electron chi connectivity index (χ1n) is 11.2. The standard InChI is InChI=1S/C26H18ClF4N5O2/c27-19-8-14(4-5-20(19)28)22(12-37)34-25(38)21-9-16(11-32-21)23-18-7-15(10-33-24(18)36-35-23)13-2-1-3-17(6-13)26(29,30)31/h1-11,22,32,37H,12H2,(H,34,38)(H,33,35,36). The molecule has 3 heterocycles. The van der Waals surface area contributed by atoms with Crippen LogP contribution in [0.5, 0.6) is 0 Å². The van der Waals surface area contributed by atoms with Gasteiger partial charge in [0.2, 0.25) is 0 Å². The molecule has 0 saturated heterocycles. The highest BCUT2D eigenvalue weighted by atomic mass is 35.5. The Kier molecular flexibility index (Phi) is 6.64. The van der Waals surface area contributed by atoms with E-state index in [0.29, 0.717) is 39.0 Å². The number of benzene rings is 2. The molecule has 4 N–H and O–H groups in total. The van der Waals surface area contributed by atoms with E-state index < -0.39 is 36.1 Å². The van der Waals surface area contributed by atoms with Crippen LogP contribution in [-0.4, -0.2) is 37.8 Å². The number of amides is 1. The number of nitrogens with zero attached hydrogens (tertiary/aromatic N) is 2. The SMILES string of the molecule is O=C(NC(CO)c1ccc(F)c(Cl)c1)c1cc(-c2n[nH]c3ncc(-c4cccc(C(F)(F)F)c4)cc23)c[nH]1. The molecule has 7 nitrogen and oxygen atoms in total. The van der Waals surface area contributed by atoms with Crippen molar-refractivity contribution in [3.63, 3.8) is 0 Å². The number of hydrogen-bond acceptors (Lipinski definition) is 4. The highest BCUT2D eigenvalue weighted by Gasteiger charge is 2.30. The maximum absolute atomic E-state index is 13.5. The summed E-state index contributed by atoms with van der Waals surface area (Å²) in [6, 6.07) is 11.2. The minimum Gasteiger partial charge on any atom is -0.394 e. The molecule has 2 aromatic carbocycles. The zero-order chi connectivity index (χ0) is 27.0. The molecular formula is C26H18ClF4N5O2. The molecule has 5 rings (SSSR count). The molecule has 1 atom stereocenters. The lowest BCUT2D eigenvalue weighted by atomic mass is 10.0. The lowest BCUT2D eigenvalue weighted by Gasteiger charge is -2.16. The van der Waals surface area contributed by atoms with Gasteiger partial charge in [0.05, 0.1) is 23.2 Å². The molecule has 0 radical (unpaired) electrons. The van der Waals surface area contributed by atoms with E-state index in [0.717, 1.165) is 18.2 Å². The van der Waals surface area contributed by atoms with Crippen LogP contribution in [-0.2, 0) is 6.18 Å². The Bertz CT molecular complexity index is 1650. The first kappa shape index (κ1) is 25.4. The molecular weight excluding hydrogens is 526 g/mol. The van der Waals surface area contributed by atoms with Crippen molar-refractivity contribution in [3.05, 3.63) is 94.7 Å². The second-order valence-corrected chi connectivity index (χ2v) is 8.86. The van der Waals surface area contributed by atoms with Crippen molar-refractivity contribution in [2.75, 3.05) is 6.61 Å². The van der Waals surface area contributed by atoms with Crippen molar-refractivity contribution in [3.8, 4) is 22.4 Å². The van der Waals surface area contributed by atoms with Crippen LogP contribution in [0.4, 0.5) is 17.6 Å². The number of carbonyl (C=O) groups is 1. The maximum atomic E-state index is 13.5. The number of hydrogen-bond donors (Lipinski definition) is 4. The minimum atomic E-state index is -4.48. The summed E-state index contributed by atoms with van der Waals surface area (Å²) in [5.74, 6) is -1.16. The van der Waals surface area contributed by atoms with E-state index in [1.165, 1.54) is 30.5 Å². The third-order valence-corrected chi connectivity index (χ3v) is 6.26. The Morgan fingerprint density at radius 3 is 2.63 bits per heavy atom. The molecule has 194 valence electrons. The van der Waals surface area contributed by atoms with Gasteiger partial charge in [-0.05, 0) is 47.5 Å². The van der Waals surface area contributed by atoms with E-state index in [2.05, 4.69) is 25.5 Å². The van der Waals surface area contributed by atoms with Crippen molar-refractivity contribution in [2.45, 2.75) is 12.2 Å². The highest BCUT2D eigenvalue weighted by molar-refractivity contribution is 6.30. The smallest absolute Gasteiger partial charge is 0.394 e. The second kappa shape index (κ2) is 9.92. The molecule has 0 aliphatic heterocycles. The Morgan fingerprint density at radius 2 is 1.89 bits per heavy atom. The van der Waals surface area contributed by atoms with E-state index in [1.807, 2.05) is 0 Å². The van der Waals surface area contributed by atoms with Gasteiger partial charge in [0.25, 0.3) is 5.91 Å². The van der Waals surface area contributed by atoms with Crippen molar-refractivity contribution in [1.29, 1.82) is 0 Å². The number of fused-ring (bicyclic) bond motifs is 1. The molecule has 0 fully saturated rings. The molecule has 1 unspecified atom stereocenters. The molecule has 0 aliphatic carbocycles. The summed E-state index contributed by atoms with van der Waals surface area (Å²) in [4.78, 5) is 20.0. The normalized spacial score (nSPS) is 12.6. The monoisotopic (exact) mass is 543 g/mol. The predicted octanol–water partition coefficient (Wildman–Crippen LogP) is 5.89. The third-order valence-electron chi connectivity index (χ3n) is 5.97. The topological polar surface area (TPSA) is 107 Å². The first-order valence-corrected chi connectivity index (χ1v) is 11.6. The molecule has 0 bridgehead atoms. The average molecular weight is 544 g/mol. The van der Waals surface area contributed by atoms with E-state index in [1.54, 1.807) is 18.3 Å². The number of rotatable bonds is 6. The number of pyridine rings is 1. The lowest BCUT2D eigenvalue weighted by molar-refractivity contribution is -0.137. The quantitative estimate of drug-likeness (QED) is 0.200. The summed E-state index contributed by atoms with van der Waals surface area (Å²) in [6.45, 7) is -0.449. The van der Waals surface area contributed by atoms with Crippen LogP contribution < -0.4 is 5.32 Å². The summed E-state index contributed by atoms with van der Waals surface area (Å²) < 4.78 is 53.0. The van der Waals surface area contributed by atoms with Crippen LogP contribution in [0.2, 0.25) is 5.02 Å². The molecule has 12 heteroatoms. The van der Waals surface area contributed by atoms with Gasteiger partial charge in [-0.1, -0.05) is 29.8 Å². The zero-order valence-corrected chi connectivity index (χ0v) is 20.0. The fraction of sp³-hybridized carbons (Fsp3) is 0.115. The van der Waals surface area contributed by atoms with E-state index in [-0.39, 0.29) is 10.7 Å². The van der Waals surface area contributed by atoms with E-state index >= 15 is 0 Å². The van der Waals surface area contributed by atoms with Gasteiger partial charge in [-0.3, -0.25) is 9.89 Å². The van der Waals surface area contributed by atoms with Gasteiger partial charge in [-0.15, -0.1) is 0 Å². The first-order chi connectivity index (χ1) is 18.1. The Balaban J connectivity index is 1.42. The van der Waals surface area contributed by atoms with Gasteiger partial charge in [0.15, 0.2) is 5.65 Å². The van der Waals surface area contributed by atoms with Crippen LogP contribution in [0.1, 0.15) is 27.7 Å². The number of aliphatic hydroxyl groups is 1. The predicted molar refractivity (Wildman–Crippen MR) is 133 cm³/mol. The van der Waals surface area contributed by atoms with Gasteiger partial charge in [0.1, 0.15) is 17.2 Å². The Morgan fingerprint density at radius 1 is 1.08 bits per heavy atom. The lowest BCUT2D eigenvalue weighted by Crippen LogP contribution is -2.31. The molecule has 38 heavy (non-hydrogen) atoms. The average Bonchev–Trinajstić information content (AvgIpc) is 3.55. The van der Waals surface area contributed by atoms with Crippen molar-refractivity contribution in [1.82, 2.24) is 25.5 Å². The maximum Gasteiger partial charge on any atom is 0.416 e. The number of H-pyrrole nitrogens is 2. The molecule has 5 aromatic rings. The Hall–Kier alpha value is -4.22. The number of halogens is 5. The van der Waals surface area contributed by atoms with Gasteiger partial charge >= 0.3 is 6.18 Å².